The van der Waals surface area contributed by atoms with Gasteiger partial charge in [-0.25, -0.2) is 8.42 Å². The minimum atomic E-state index is -3.65. The monoisotopic (exact) mass is 469 g/mol. The van der Waals surface area contributed by atoms with Gasteiger partial charge in [0.2, 0.25) is 15.9 Å². The van der Waals surface area contributed by atoms with Gasteiger partial charge in [-0.1, -0.05) is 24.6 Å². The Balaban J connectivity index is 1.47. The molecule has 33 heavy (non-hydrogen) atoms. The molecule has 0 aromatic heterocycles. The molecule has 2 heterocycles. The van der Waals surface area contributed by atoms with E-state index in [1.165, 1.54) is 6.07 Å². The second-order valence-electron chi connectivity index (χ2n) is 8.92. The number of amides is 2. The average molecular weight is 470 g/mol. The summed E-state index contributed by atoms with van der Waals surface area (Å²) >= 11 is 0. The summed E-state index contributed by atoms with van der Waals surface area (Å²) < 4.78 is 27.8. The SMILES string of the molecule is CC1CCCCN1S(=O)(=O)c1cccc(C(=O)Nc2cccc(CN3CCCCC3=O)c2)c1. The van der Waals surface area contributed by atoms with Crippen LogP contribution in [0.1, 0.15) is 61.4 Å². The summed E-state index contributed by atoms with van der Waals surface area (Å²) in [6, 6.07) is 13.6. The molecule has 2 amide bonds. The van der Waals surface area contributed by atoms with Crippen LogP contribution in [0, 0.1) is 0 Å². The van der Waals surface area contributed by atoms with Crippen molar-refractivity contribution < 1.29 is 18.0 Å². The van der Waals surface area contributed by atoms with Gasteiger partial charge >= 0.3 is 0 Å². The van der Waals surface area contributed by atoms with E-state index in [2.05, 4.69) is 5.32 Å². The Hall–Kier alpha value is -2.71. The van der Waals surface area contributed by atoms with E-state index in [0.29, 0.717) is 25.2 Å². The van der Waals surface area contributed by atoms with Gasteiger partial charge in [0.25, 0.3) is 5.91 Å². The van der Waals surface area contributed by atoms with Crippen LogP contribution in [-0.4, -0.2) is 48.6 Å². The summed E-state index contributed by atoms with van der Waals surface area (Å²) in [5.41, 5.74) is 1.84. The first-order chi connectivity index (χ1) is 15.8. The minimum Gasteiger partial charge on any atom is -0.338 e. The molecule has 0 spiro atoms. The highest BCUT2D eigenvalue weighted by molar-refractivity contribution is 7.89. The number of nitrogens with one attached hydrogen (secondary N) is 1. The molecule has 1 N–H and O–H groups in total. The van der Waals surface area contributed by atoms with Crippen LogP contribution in [0.2, 0.25) is 0 Å². The third-order valence-corrected chi connectivity index (χ3v) is 8.43. The fourth-order valence-electron chi connectivity index (χ4n) is 4.56. The maximum Gasteiger partial charge on any atom is 0.255 e. The molecule has 2 fully saturated rings. The van der Waals surface area contributed by atoms with Gasteiger partial charge in [-0.3, -0.25) is 9.59 Å². The van der Waals surface area contributed by atoms with Crippen molar-refractivity contribution in [2.45, 2.75) is 62.9 Å². The van der Waals surface area contributed by atoms with Crippen molar-refractivity contribution in [1.82, 2.24) is 9.21 Å². The second kappa shape index (κ2) is 10.1. The van der Waals surface area contributed by atoms with Crippen LogP contribution in [0.15, 0.2) is 53.4 Å². The molecule has 176 valence electrons. The van der Waals surface area contributed by atoms with Crippen LogP contribution in [-0.2, 0) is 21.4 Å². The lowest BCUT2D eigenvalue weighted by Gasteiger charge is -2.32. The molecule has 0 saturated carbocycles. The lowest BCUT2D eigenvalue weighted by molar-refractivity contribution is -0.133. The van der Waals surface area contributed by atoms with Crippen molar-refractivity contribution in [2.75, 3.05) is 18.4 Å². The summed E-state index contributed by atoms with van der Waals surface area (Å²) in [5.74, 6) is -0.207. The van der Waals surface area contributed by atoms with E-state index in [9.17, 15) is 18.0 Å². The van der Waals surface area contributed by atoms with E-state index >= 15 is 0 Å². The Morgan fingerprint density at radius 3 is 2.61 bits per heavy atom. The molecule has 2 aromatic rings. The molecule has 0 radical (unpaired) electrons. The molecular weight excluding hydrogens is 438 g/mol. The van der Waals surface area contributed by atoms with Crippen molar-refractivity contribution >= 4 is 27.5 Å². The molecule has 1 atom stereocenters. The fraction of sp³-hybridized carbons (Fsp3) is 0.440. The zero-order valence-electron chi connectivity index (χ0n) is 19.0. The van der Waals surface area contributed by atoms with Gasteiger partial charge in [0, 0.05) is 43.3 Å². The smallest absolute Gasteiger partial charge is 0.255 e. The van der Waals surface area contributed by atoms with E-state index < -0.39 is 10.0 Å². The summed E-state index contributed by atoms with van der Waals surface area (Å²) in [6.45, 7) is 3.71. The topological polar surface area (TPSA) is 86.8 Å². The van der Waals surface area contributed by atoms with Gasteiger partial charge in [0.15, 0.2) is 0 Å². The van der Waals surface area contributed by atoms with Crippen LogP contribution in [0.25, 0.3) is 0 Å². The number of sulfonamides is 1. The Bertz CT molecular complexity index is 1130. The largest absolute Gasteiger partial charge is 0.338 e. The molecule has 8 heteroatoms. The molecule has 2 aliphatic heterocycles. The van der Waals surface area contributed by atoms with Crippen molar-refractivity contribution in [3.05, 3.63) is 59.7 Å². The van der Waals surface area contributed by atoms with E-state index in [0.717, 1.165) is 44.2 Å². The number of anilines is 1. The van der Waals surface area contributed by atoms with E-state index in [4.69, 9.17) is 0 Å². The van der Waals surface area contributed by atoms with Crippen molar-refractivity contribution in [1.29, 1.82) is 0 Å². The number of nitrogens with zero attached hydrogens (tertiary/aromatic N) is 2. The first kappa shape index (κ1) is 23.4. The predicted octanol–water partition coefficient (Wildman–Crippen LogP) is 4.01. The van der Waals surface area contributed by atoms with Crippen LogP contribution in [0.5, 0.6) is 0 Å². The van der Waals surface area contributed by atoms with Crippen LogP contribution in [0.3, 0.4) is 0 Å². The Labute approximate surface area is 195 Å². The first-order valence-corrected chi connectivity index (χ1v) is 13.1. The number of rotatable bonds is 6. The van der Waals surface area contributed by atoms with Gasteiger partial charge in [-0.2, -0.15) is 4.31 Å². The number of piperidine rings is 2. The normalized spacial score (nSPS) is 20.0. The lowest BCUT2D eigenvalue weighted by Crippen LogP contribution is -2.41. The molecule has 0 bridgehead atoms. The van der Waals surface area contributed by atoms with Crippen molar-refractivity contribution in [2.24, 2.45) is 0 Å². The zero-order chi connectivity index (χ0) is 23.4. The summed E-state index contributed by atoms with van der Waals surface area (Å²) in [5, 5.41) is 2.86. The summed E-state index contributed by atoms with van der Waals surface area (Å²) in [4.78, 5) is 27.0. The number of hydrogen-bond donors (Lipinski definition) is 1. The van der Waals surface area contributed by atoms with Gasteiger partial charge in [-0.15, -0.1) is 0 Å². The van der Waals surface area contributed by atoms with Crippen LogP contribution < -0.4 is 5.32 Å². The highest BCUT2D eigenvalue weighted by atomic mass is 32.2. The van der Waals surface area contributed by atoms with Crippen LogP contribution >= 0.6 is 0 Å². The highest BCUT2D eigenvalue weighted by Gasteiger charge is 2.31. The number of benzene rings is 2. The molecule has 4 rings (SSSR count). The molecular formula is C25H31N3O4S. The minimum absolute atomic E-state index is 0.0456. The Kier molecular flexibility index (Phi) is 7.14. The molecule has 0 aliphatic carbocycles. The summed E-state index contributed by atoms with van der Waals surface area (Å²) in [7, 11) is -3.65. The highest BCUT2D eigenvalue weighted by Crippen LogP contribution is 2.26. The second-order valence-corrected chi connectivity index (χ2v) is 10.8. The average Bonchev–Trinajstić information content (AvgIpc) is 2.81. The first-order valence-electron chi connectivity index (χ1n) is 11.6. The standard InChI is InChI=1S/C25H31N3O4S/c1-19-8-2-5-15-28(19)33(31,32)23-12-7-10-21(17-23)25(30)26-22-11-6-9-20(16-22)18-27-14-4-3-13-24(27)29/h6-7,9-12,16-17,19H,2-5,8,13-15,18H2,1H3,(H,26,30). The van der Waals surface area contributed by atoms with E-state index in [1.807, 2.05) is 30.0 Å². The molecule has 2 saturated heterocycles. The van der Waals surface area contributed by atoms with E-state index in [-0.39, 0.29) is 28.3 Å². The summed E-state index contributed by atoms with van der Waals surface area (Å²) in [6.07, 6.45) is 5.27. The van der Waals surface area contributed by atoms with Crippen molar-refractivity contribution in [3.8, 4) is 0 Å². The number of carbonyl (C=O) groups is 2. The van der Waals surface area contributed by atoms with Gasteiger partial charge in [0.05, 0.1) is 4.90 Å². The molecule has 1 unspecified atom stereocenters. The molecule has 2 aromatic carbocycles. The van der Waals surface area contributed by atoms with E-state index in [1.54, 1.807) is 28.6 Å². The zero-order valence-corrected chi connectivity index (χ0v) is 19.8. The Morgan fingerprint density at radius 1 is 1.03 bits per heavy atom. The number of hydrogen-bond acceptors (Lipinski definition) is 4. The Morgan fingerprint density at radius 2 is 1.82 bits per heavy atom. The molecule has 2 aliphatic rings. The fourth-order valence-corrected chi connectivity index (χ4v) is 6.31. The quantitative estimate of drug-likeness (QED) is 0.692. The van der Waals surface area contributed by atoms with Crippen LogP contribution in [0.4, 0.5) is 5.69 Å². The van der Waals surface area contributed by atoms with Gasteiger partial charge < -0.3 is 10.2 Å². The third kappa shape index (κ3) is 5.45. The third-order valence-electron chi connectivity index (χ3n) is 6.42. The maximum absolute atomic E-state index is 13.2. The van der Waals surface area contributed by atoms with Crippen molar-refractivity contribution in [3.63, 3.8) is 0 Å². The van der Waals surface area contributed by atoms with Gasteiger partial charge in [0.1, 0.15) is 0 Å². The number of likely N-dealkylation sites (tertiary alicyclic amines) is 1. The lowest BCUT2D eigenvalue weighted by atomic mass is 10.1. The van der Waals surface area contributed by atoms with Gasteiger partial charge in [-0.05, 0) is 68.5 Å². The number of carbonyl (C=O) groups excluding carboxylic acids is 2. The predicted molar refractivity (Wildman–Crippen MR) is 127 cm³/mol. The molecule has 7 nitrogen and oxygen atoms in total. The maximum atomic E-state index is 13.2.